The van der Waals surface area contributed by atoms with Crippen molar-refractivity contribution >= 4 is 0 Å². The lowest BCUT2D eigenvalue weighted by Crippen LogP contribution is -2.47. The molecular formula is C20H28N4O. The Morgan fingerprint density at radius 2 is 2.16 bits per heavy atom. The van der Waals surface area contributed by atoms with Crippen LogP contribution in [0.15, 0.2) is 41.0 Å². The highest BCUT2D eigenvalue weighted by Gasteiger charge is 2.35. The highest BCUT2D eigenvalue weighted by molar-refractivity contribution is 5.16. The van der Waals surface area contributed by atoms with Gasteiger partial charge in [-0.25, -0.2) is 4.98 Å². The fraction of sp³-hybridized carbons (Fsp3) is 0.550. The molecule has 2 aliphatic rings. The minimum atomic E-state index is 0.544. The summed E-state index contributed by atoms with van der Waals surface area (Å²) < 4.78 is 5.36. The number of benzene rings is 1. The molecule has 3 atom stereocenters. The molecule has 0 radical (unpaired) electrons. The van der Waals surface area contributed by atoms with E-state index in [2.05, 4.69) is 51.1 Å². The van der Waals surface area contributed by atoms with Gasteiger partial charge in [0, 0.05) is 32.6 Å². The van der Waals surface area contributed by atoms with Gasteiger partial charge in [-0.15, -0.1) is 0 Å². The molecule has 0 amide bonds. The largest absolute Gasteiger partial charge is 0.449 e. The fourth-order valence-corrected chi connectivity index (χ4v) is 4.41. The number of nitrogens with one attached hydrogen (secondary N) is 2. The third-order valence-electron chi connectivity index (χ3n) is 5.58. The minimum Gasteiger partial charge on any atom is -0.449 e. The van der Waals surface area contributed by atoms with E-state index in [1.54, 1.807) is 6.26 Å². The van der Waals surface area contributed by atoms with Crippen LogP contribution in [0.3, 0.4) is 0 Å². The molecule has 2 fully saturated rings. The lowest BCUT2D eigenvalue weighted by molar-refractivity contribution is 0.130. The van der Waals surface area contributed by atoms with Crippen LogP contribution in [0.2, 0.25) is 0 Å². The number of hydrazine groups is 1. The van der Waals surface area contributed by atoms with Crippen molar-refractivity contribution in [2.24, 2.45) is 11.8 Å². The van der Waals surface area contributed by atoms with E-state index < -0.39 is 0 Å². The van der Waals surface area contributed by atoms with Gasteiger partial charge in [-0.05, 0) is 43.2 Å². The number of aromatic nitrogens is 1. The van der Waals surface area contributed by atoms with Crippen molar-refractivity contribution in [1.29, 1.82) is 0 Å². The maximum Gasteiger partial charge on any atom is 0.191 e. The Hall–Kier alpha value is -1.69. The Morgan fingerprint density at radius 3 is 2.96 bits per heavy atom. The standard InChI is InChI=1S/C20H28N4O/c1-15-22-19(14-25-15)13-24-9-5-8-17(12-24)20-18(11-21-23-20)10-16-6-3-2-4-7-16/h2-4,6-7,14,17-18,20-21,23H,5,8-13H2,1H3. The fourth-order valence-electron chi connectivity index (χ4n) is 4.41. The van der Waals surface area contributed by atoms with Gasteiger partial charge in [-0.3, -0.25) is 15.8 Å². The minimum absolute atomic E-state index is 0.544. The monoisotopic (exact) mass is 340 g/mol. The molecule has 2 aromatic rings. The number of aryl methyl sites for hydroxylation is 1. The summed E-state index contributed by atoms with van der Waals surface area (Å²) in [6, 6.07) is 11.4. The van der Waals surface area contributed by atoms with Crippen molar-refractivity contribution < 1.29 is 4.42 Å². The zero-order chi connectivity index (χ0) is 17.1. The van der Waals surface area contributed by atoms with Gasteiger partial charge in [0.2, 0.25) is 0 Å². The summed E-state index contributed by atoms with van der Waals surface area (Å²) in [4.78, 5) is 6.99. The molecule has 2 saturated heterocycles. The van der Waals surface area contributed by atoms with Crippen molar-refractivity contribution in [3.05, 3.63) is 53.7 Å². The quantitative estimate of drug-likeness (QED) is 0.876. The lowest BCUT2D eigenvalue weighted by Gasteiger charge is -2.37. The maximum absolute atomic E-state index is 5.36. The molecule has 5 nitrogen and oxygen atoms in total. The first-order chi connectivity index (χ1) is 12.3. The number of rotatable bonds is 5. The second-order valence-corrected chi connectivity index (χ2v) is 7.50. The summed E-state index contributed by atoms with van der Waals surface area (Å²) in [5.41, 5.74) is 9.48. The van der Waals surface area contributed by atoms with Crippen LogP contribution in [0.1, 0.15) is 30.0 Å². The van der Waals surface area contributed by atoms with Crippen LogP contribution in [0, 0.1) is 18.8 Å². The van der Waals surface area contributed by atoms with Crippen molar-refractivity contribution in [3.63, 3.8) is 0 Å². The number of piperidine rings is 1. The van der Waals surface area contributed by atoms with Crippen molar-refractivity contribution in [2.45, 2.75) is 38.8 Å². The Bertz CT molecular complexity index is 671. The third kappa shape index (κ3) is 4.11. The summed E-state index contributed by atoms with van der Waals surface area (Å²) in [6.45, 7) is 6.16. The van der Waals surface area contributed by atoms with Gasteiger partial charge in [-0.2, -0.15) is 0 Å². The van der Waals surface area contributed by atoms with Crippen LogP contribution < -0.4 is 10.9 Å². The Kier molecular flexibility index (Phi) is 5.15. The molecule has 4 rings (SSSR count). The molecule has 25 heavy (non-hydrogen) atoms. The maximum atomic E-state index is 5.36. The number of nitrogens with zero attached hydrogens (tertiary/aromatic N) is 2. The first-order valence-corrected chi connectivity index (χ1v) is 9.43. The van der Waals surface area contributed by atoms with Gasteiger partial charge in [0.25, 0.3) is 0 Å². The average molecular weight is 340 g/mol. The van der Waals surface area contributed by atoms with Gasteiger partial charge in [-0.1, -0.05) is 30.3 Å². The van der Waals surface area contributed by atoms with Crippen molar-refractivity contribution in [1.82, 2.24) is 20.7 Å². The van der Waals surface area contributed by atoms with Gasteiger partial charge in [0.05, 0.1) is 5.69 Å². The predicted octanol–water partition coefficient (Wildman–Crippen LogP) is 2.53. The molecule has 134 valence electrons. The molecule has 5 heteroatoms. The van der Waals surface area contributed by atoms with E-state index >= 15 is 0 Å². The molecule has 3 unspecified atom stereocenters. The Morgan fingerprint density at radius 1 is 1.28 bits per heavy atom. The van der Waals surface area contributed by atoms with Crippen molar-refractivity contribution in [3.8, 4) is 0 Å². The number of oxazole rings is 1. The summed E-state index contributed by atoms with van der Waals surface area (Å²) in [5.74, 6) is 2.10. The van der Waals surface area contributed by atoms with E-state index in [1.165, 1.54) is 18.4 Å². The van der Waals surface area contributed by atoms with Gasteiger partial charge < -0.3 is 4.42 Å². The van der Waals surface area contributed by atoms with E-state index in [0.29, 0.717) is 17.9 Å². The second-order valence-electron chi connectivity index (χ2n) is 7.50. The SMILES string of the molecule is Cc1nc(CN2CCCC(C3NNCC3Cc3ccccc3)C2)co1. The summed E-state index contributed by atoms with van der Waals surface area (Å²) in [6.07, 6.45) is 5.51. The van der Waals surface area contributed by atoms with Gasteiger partial charge in [0.1, 0.15) is 6.26 Å². The number of hydrogen-bond donors (Lipinski definition) is 2. The number of likely N-dealkylation sites (tertiary alicyclic amines) is 1. The van der Waals surface area contributed by atoms with E-state index in [9.17, 15) is 0 Å². The molecule has 2 N–H and O–H groups in total. The molecule has 2 aliphatic heterocycles. The first-order valence-electron chi connectivity index (χ1n) is 9.43. The summed E-state index contributed by atoms with van der Waals surface area (Å²) in [7, 11) is 0. The third-order valence-corrected chi connectivity index (χ3v) is 5.58. The lowest BCUT2D eigenvalue weighted by atomic mass is 9.81. The predicted molar refractivity (Wildman–Crippen MR) is 97.8 cm³/mol. The van der Waals surface area contributed by atoms with Gasteiger partial charge >= 0.3 is 0 Å². The molecule has 0 saturated carbocycles. The van der Waals surface area contributed by atoms with Crippen LogP contribution in [0.4, 0.5) is 0 Å². The number of hydrogen-bond acceptors (Lipinski definition) is 5. The van der Waals surface area contributed by atoms with E-state index in [1.807, 2.05) is 6.92 Å². The van der Waals surface area contributed by atoms with Crippen LogP contribution >= 0.6 is 0 Å². The highest BCUT2D eigenvalue weighted by atomic mass is 16.3. The molecule has 0 aliphatic carbocycles. The zero-order valence-corrected chi connectivity index (χ0v) is 14.9. The average Bonchev–Trinajstić information content (AvgIpc) is 3.25. The van der Waals surface area contributed by atoms with Gasteiger partial charge in [0.15, 0.2) is 5.89 Å². The van der Waals surface area contributed by atoms with Crippen LogP contribution in [-0.4, -0.2) is 35.6 Å². The molecular weight excluding hydrogens is 312 g/mol. The summed E-state index contributed by atoms with van der Waals surface area (Å²) >= 11 is 0. The topological polar surface area (TPSA) is 53.3 Å². The van der Waals surface area contributed by atoms with Crippen LogP contribution in [-0.2, 0) is 13.0 Å². The van der Waals surface area contributed by atoms with E-state index in [-0.39, 0.29) is 0 Å². The first kappa shape index (κ1) is 16.8. The molecule has 1 aromatic carbocycles. The zero-order valence-electron chi connectivity index (χ0n) is 14.9. The smallest absolute Gasteiger partial charge is 0.191 e. The van der Waals surface area contributed by atoms with Crippen LogP contribution in [0.5, 0.6) is 0 Å². The second kappa shape index (κ2) is 7.68. The van der Waals surface area contributed by atoms with E-state index in [4.69, 9.17) is 4.42 Å². The Balaban J connectivity index is 1.38. The molecule has 0 bridgehead atoms. The highest BCUT2D eigenvalue weighted by Crippen LogP contribution is 2.28. The summed E-state index contributed by atoms with van der Waals surface area (Å²) in [5, 5.41) is 0. The Labute approximate surface area is 149 Å². The molecule has 0 spiro atoms. The van der Waals surface area contributed by atoms with Crippen molar-refractivity contribution in [2.75, 3.05) is 19.6 Å². The normalized spacial score (nSPS) is 27.6. The van der Waals surface area contributed by atoms with Crippen LogP contribution in [0.25, 0.3) is 0 Å². The van der Waals surface area contributed by atoms with E-state index in [0.717, 1.165) is 44.2 Å². The molecule has 1 aromatic heterocycles. The molecule has 3 heterocycles.